The van der Waals surface area contributed by atoms with Crippen molar-refractivity contribution in [2.24, 2.45) is 0 Å². The molecule has 0 bridgehead atoms. The minimum Gasteiger partial charge on any atom is -0.355 e. The molecule has 1 saturated heterocycles. The SMILES string of the molecule is C#CCCCNC(=O)C1CCCN1C. The molecule has 3 heteroatoms. The van der Waals surface area contributed by atoms with Gasteiger partial charge in [0, 0.05) is 13.0 Å². The Labute approximate surface area is 85.9 Å². The Morgan fingerprint density at radius 2 is 2.50 bits per heavy atom. The largest absolute Gasteiger partial charge is 0.355 e. The smallest absolute Gasteiger partial charge is 0.237 e. The normalized spacial score (nSPS) is 21.9. The third kappa shape index (κ3) is 3.04. The third-order valence-electron chi connectivity index (χ3n) is 2.62. The van der Waals surface area contributed by atoms with Crippen molar-refractivity contribution in [2.45, 2.75) is 31.7 Å². The van der Waals surface area contributed by atoms with Gasteiger partial charge in [-0.15, -0.1) is 12.3 Å². The first kappa shape index (κ1) is 11.1. The Morgan fingerprint density at radius 1 is 1.71 bits per heavy atom. The summed E-state index contributed by atoms with van der Waals surface area (Å²) in [5.74, 6) is 2.71. The van der Waals surface area contributed by atoms with Crippen LogP contribution in [0.3, 0.4) is 0 Å². The van der Waals surface area contributed by atoms with Crippen LogP contribution < -0.4 is 5.32 Å². The van der Waals surface area contributed by atoms with Crippen LogP contribution >= 0.6 is 0 Å². The molecule has 78 valence electrons. The molecule has 14 heavy (non-hydrogen) atoms. The van der Waals surface area contributed by atoms with Crippen LogP contribution in [0, 0.1) is 12.3 Å². The molecule has 0 aliphatic carbocycles. The number of likely N-dealkylation sites (N-methyl/N-ethyl adjacent to an activating group) is 1. The number of carbonyl (C=O) groups excluding carboxylic acids is 1. The van der Waals surface area contributed by atoms with E-state index in [9.17, 15) is 4.79 Å². The summed E-state index contributed by atoms with van der Waals surface area (Å²) in [6.07, 6.45) is 8.84. The highest BCUT2D eigenvalue weighted by molar-refractivity contribution is 5.81. The summed E-state index contributed by atoms with van der Waals surface area (Å²) in [5, 5.41) is 2.91. The maximum Gasteiger partial charge on any atom is 0.237 e. The van der Waals surface area contributed by atoms with Crippen molar-refractivity contribution in [3.63, 3.8) is 0 Å². The van der Waals surface area contributed by atoms with Crippen molar-refractivity contribution < 1.29 is 4.79 Å². The van der Waals surface area contributed by atoms with Crippen molar-refractivity contribution in [3.05, 3.63) is 0 Å². The Bertz CT molecular complexity index is 232. The molecule has 1 rings (SSSR count). The van der Waals surface area contributed by atoms with Crippen LogP contribution in [-0.4, -0.2) is 37.0 Å². The summed E-state index contributed by atoms with van der Waals surface area (Å²) in [6.45, 7) is 1.73. The van der Waals surface area contributed by atoms with Gasteiger partial charge in [0.2, 0.25) is 5.91 Å². The number of likely N-dealkylation sites (tertiary alicyclic amines) is 1. The zero-order valence-electron chi connectivity index (χ0n) is 8.75. The lowest BCUT2D eigenvalue weighted by Gasteiger charge is -2.18. The van der Waals surface area contributed by atoms with Gasteiger partial charge < -0.3 is 5.32 Å². The zero-order valence-corrected chi connectivity index (χ0v) is 8.75. The van der Waals surface area contributed by atoms with Crippen LogP contribution in [0.4, 0.5) is 0 Å². The maximum absolute atomic E-state index is 11.6. The van der Waals surface area contributed by atoms with Crippen LogP contribution in [0.2, 0.25) is 0 Å². The van der Waals surface area contributed by atoms with Gasteiger partial charge in [-0.1, -0.05) is 0 Å². The first-order valence-corrected chi connectivity index (χ1v) is 5.17. The third-order valence-corrected chi connectivity index (χ3v) is 2.62. The van der Waals surface area contributed by atoms with Crippen LogP contribution in [0.15, 0.2) is 0 Å². The Kier molecular flexibility index (Phi) is 4.48. The fourth-order valence-electron chi connectivity index (χ4n) is 1.76. The van der Waals surface area contributed by atoms with E-state index < -0.39 is 0 Å². The van der Waals surface area contributed by atoms with Gasteiger partial charge in [-0.05, 0) is 32.9 Å². The second kappa shape index (κ2) is 5.66. The average Bonchev–Trinajstić information content (AvgIpc) is 2.59. The van der Waals surface area contributed by atoms with Crippen LogP contribution in [0.5, 0.6) is 0 Å². The van der Waals surface area contributed by atoms with E-state index in [-0.39, 0.29) is 11.9 Å². The number of carbonyl (C=O) groups is 1. The number of nitrogens with one attached hydrogen (secondary N) is 1. The number of hydrogen-bond acceptors (Lipinski definition) is 2. The Morgan fingerprint density at radius 3 is 3.07 bits per heavy atom. The van der Waals surface area contributed by atoms with Gasteiger partial charge in [-0.25, -0.2) is 0 Å². The molecule has 0 aromatic heterocycles. The van der Waals surface area contributed by atoms with E-state index >= 15 is 0 Å². The molecule has 1 unspecified atom stereocenters. The number of nitrogens with zero attached hydrogens (tertiary/aromatic N) is 1. The molecule has 0 spiro atoms. The lowest BCUT2D eigenvalue weighted by molar-refractivity contribution is -0.125. The molecule has 1 N–H and O–H groups in total. The monoisotopic (exact) mass is 194 g/mol. The summed E-state index contributed by atoms with van der Waals surface area (Å²) in [6, 6.07) is 0.0841. The number of terminal acetylenes is 1. The highest BCUT2D eigenvalue weighted by Gasteiger charge is 2.26. The zero-order chi connectivity index (χ0) is 10.4. The first-order valence-electron chi connectivity index (χ1n) is 5.17. The second-order valence-corrected chi connectivity index (χ2v) is 3.74. The molecular formula is C11H18N2O. The van der Waals surface area contributed by atoms with Gasteiger partial charge >= 0.3 is 0 Å². The highest BCUT2D eigenvalue weighted by atomic mass is 16.2. The molecular weight excluding hydrogens is 176 g/mol. The molecule has 1 heterocycles. The number of unbranched alkanes of at least 4 members (excludes halogenated alkanes) is 1. The second-order valence-electron chi connectivity index (χ2n) is 3.74. The van der Waals surface area contributed by atoms with E-state index in [1.165, 1.54) is 0 Å². The minimum atomic E-state index is 0.0841. The number of rotatable bonds is 4. The molecule has 0 aromatic carbocycles. The van der Waals surface area contributed by atoms with Crippen molar-refractivity contribution in [1.29, 1.82) is 0 Å². The van der Waals surface area contributed by atoms with E-state index in [1.807, 2.05) is 7.05 Å². The predicted octanol–water partition coefficient (Wildman–Crippen LogP) is 0.610. The molecule has 1 atom stereocenters. The summed E-state index contributed by atoms with van der Waals surface area (Å²) in [7, 11) is 2.00. The van der Waals surface area contributed by atoms with Crippen LogP contribution in [0.25, 0.3) is 0 Å². The Hall–Kier alpha value is -1.01. The lowest BCUT2D eigenvalue weighted by atomic mass is 10.2. The van der Waals surface area contributed by atoms with Gasteiger partial charge in [0.25, 0.3) is 0 Å². The predicted molar refractivity (Wildman–Crippen MR) is 56.7 cm³/mol. The standard InChI is InChI=1S/C11H18N2O/c1-3-4-5-8-12-11(14)10-7-6-9-13(10)2/h1,10H,4-9H2,2H3,(H,12,14). The molecule has 1 aliphatic rings. The molecule has 1 aliphatic heterocycles. The quantitative estimate of drug-likeness (QED) is 0.525. The number of hydrogen-bond donors (Lipinski definition) is 1. The molecule has 0 aromatic rings. The average molecular weight is 194 g/mol. The fourth-order valence-corrected chi connectivity index (χ4v) is 1.76. The highest BCUT2D eigenvalue weighted by Crippen LogP contribution is 2.14. The first-order chi connectivity index (χ1) is 6.75. The van der Waals surface area contributed by atoms with E-state index in [1.54, 1.807) is 0 Å². The van der Waals surface area contributed by atoms with Crippen molar-refractivity contribution in [1.82, 2.24) is 10.2 Å². The summed E-state index contributed by atoms with van der Waals surface area (Å²) < 4.78 is 0. The van der Waals surface area contributed by atoms with Crippen molar-refractivity contribution in [2.75, 3.05) is 20.1 Å². The van der Waals surface area contributed by atoms with E-state index in [0.717, 1.165) is 32.2 Å². The molecule has 0 radical (unpaired) electrons. The van der Waals surface area contributed by atoms with E-state index in [2.05, 4.69) is 16.1 Å². The van der Waals surface area contributed by atoms with Gasteiger partial charge in [0.15, 0.2) is 0 Å². The van der Waals surface area contributed by atoms with E-state index in [0.29, 0.717) is 6.54 Å². The molecule has 3 nitrogen and oxygen atoms in total. The maximum atomic E-state index is 11.6. The molecule has 1 fully saturated rings. The summed E-state index contributed by atoms with van der Waals surface area (Å²) in [5.41, 5.74) is 0. The Balaban J connectivity index is 2.18. The number of amides is 1. The van der Waals surface area contributed by atoms with Gasteiger partial charge in [0.05, 0.1) is 6.04 Å². The van der Waals surface area contributed by atoms with Crippen molar-refractivity contribution >= 4 is 5.91 Å². The van der Waals surface area contributed by atoms with Crippen LogP contribution in [0.1, 0.15) is 25.7 Å². The molecule has 1 amide bonds. The minimum absolute atomic E-state index is 0.0841. The van der Waals surface area contributed by atoms with Crippen LogP contribution in [-0.2, 0) is 4.79 Å². The summed E-state index contributed by atoms with van der Waals surface area (Å²) in [4.78, 5) is 13.7. The lowest BCUT2D eigenvalue weighted by Crippen LogP contribution is -2.41. The molecule has 0 saturated carbocycles. The van der Waals surface area contributed by atoms with Gasteiger partial charge in [-0.3, -0.25) is 9.69 Å². The van der Waals surface area contributed by atoms with Gasteiger partial charge in [-0.2, -0.15) is 0 Å². The summed E-state index contributed by atoms with van der Waals surface area (Å²) >= 11 is 0. The topological polar surface area (TPSA) is 32.3 Å². The van der Waals surface area contributed by atoms with E-state index in [4.69, 9.17) is 6.42 Å². The fraction of sp³-hybridized carbons (Fsp3) is 0.727. The van der Waals surface area contributed by atoms with Crippen molar-refractivity contribution in [3.8, 4) is 12.3 Å². The van der Waals surface area contributed by atoms with Gasteiger partial charge in [0.1, 0.15) is 0 Å².